The molecule has 0 amide bonds. The van der Waals surface area contributed by atoms with Gasteiger partial charge in [0.25, 0.3) is 0 Å². The van der Waals surface area contributed by atoms with Crippen molar-refractivity contribution in [2.75, 3.05) is 0 Å². The van der Waals surface area contributed by atoms with Crippen LogP contribution in [-0.4, -0.2) is 5.84 Å². The molecule has 2 nitrogen and oxygen atoms in total. The summed E-state index contributed by atoms with van der Waals surface area (Å²) in [4.78, 5) is 0. The molecular formula is C11H14N2. The van der Waals surface area contributed by atoms with E-state index >= 15 is 0 Å². The van der Waals surface area contributed by atoms with E-state index < -0.39 is 0 Å². The molecule has 0 atom stereocenters. The van der Waals surface area contributed by atoms with Crippen LogP contribution >= 0.6 is 0 Å². The van der Waals surface area contributed by atoms with E-state index in [-0.39, 0.29) is 5.84 Å². The summed E-state index contributed by atoms with van der Waals surface area (Å²) >= 11 is 0. The molecule has 3 N–H and O–H groups in total. The third kappa shape index (κ3) is 1.57. The molecule has 0 aromatic heterocycles. The topological polar surface area (TPSA) is 49.9 Å². The molecule has 0 saturated carbocycles. The normalized spacial score (nSPS) is 15.1. The molecule has 1 aromatic carbocycles. The van der Waals surface area contributed by atoms with Crippen molar-refractivity contribution in [2.45, 2.75) is 25.7 Å². The highest BCUT2D eigenvalue weighted by Crippen LogP contribution is 2.21. The minimum atomic E-state index is 0.174. The molecule has 2 rings (SSSR count). The molecule has 1 aliphatic rings. The van der Waals surface area contributed by atoms with Crippen molar-refractivity contribution in [3.05, 3.63) is 34.9 Å². The van der Waals surface area contributed by atoms with Crippen LogP contribution in [0, 0.1) is 5.41 Å². The Bertz CT molecular complexity index is 342. The van der Waals surface area contributed by atoms with E-state index in [1.54, 1.807) is 0 Å². The van der Waals surface area contributed by atoms with Crippen molar-refractivity contribution < 1.29 is 0 Å². The van der Waals surface area contributed by atoms with Gasteiger partial charge in [0.05, 0.1) is 0 Å². The largest absolute Gasteiger partial charge is 0.384 e. The van der Waals surface area contributed by atoms with E-state index in [1.165, 1.54) is 30.4 Å². The Hall–Kier alpha value is -1.31. The van der Waals surface area contributed by atoms with Crippen molar-refractivity contribution in [3.63, 3.8) is 0 Å². The van der Waals surface area contributed by atoms with Crippen LogP contribution in [-0.2, 0) is 12.8 Å². The lowest BCUT2D eigenvalue weighted by Gasteiger charge is -2.16. The minimum absolute atomic E-state index is 0.174. The van der Waals surface area contributed by atoms with Crippen LogP contribution in [0.15, 0.2) is 18.2 Å². The van der Waals surface area contributed by atoms with Gasteiger partial charge in [-0.25, -0.2) is 0 Å². The number of hydrogen-bond acceptors (Lipinski definition) is 1. The zero-order valence-electron chi connectivity index (χ0n) is 7.64. The Morgan fingerprint density at radius 2 is 1.85 bits per heavy atom. The van der Waals surface area contributed by atoms with Gasteiger partial charge in [0.2, 0.25) is 0 Å². The summed E-state index contributed by atoms with van der Waals surface area (Å²) < 4.78 is 0. The molecule has 0 bridgehead atoms. The molecule has 13 heavy (non-hydrogen) atoms. The quantitative estimate of drug-likeness (QED) is 0.495. The molecule has 0 radical (unpaired) electrons. The predicted octanol–water partition coefficient (Wildman–Crippen LogP) is 1.85. The Kier molecular flexibility index (Phi) is 2.05. The van der Waals surface area contributed by atoms with Gasteiger partial charge in [-0.3, -0.25) is 5.41 Å². The number of benzene rings is 1. The highest BCUT2D eigenvalue weighted by atomic mass is 14.7. The Morgan fingerprint density at radius 3 is 2.54 bits per heavy atom. The van der Waals surface area contributed by atoms with Crippen LogP contribution in [0.4, 0.5) is 0 Å². The van der Waals surface area contributed by atoms with Crippen LogP contribution in [0.2, 0.25) is 0 Å². The van der Waals surface area contributed by atoms with Crippen molar-refractivity contribution in [3.8, 4) is 0 Å². The summed E-state index contributed by atoms with van der Waals surface area (Å²) in [6.45, 7) is 0. The van der Waals surface area contributed by atoms with Crippen molar-refractivity contribution >= 4 is 5.84 Å². The lowest BCUT2D eigenvalue weighted by atomic mass is 9.90. The number of rotatable bonds is 1. The summed E-state index contributed by atoms with van der Waals surface area (Å²) in [5.74, 6) is 0.174. The maximum absolute atomic E-state index is 7.33. The van der Waals surface area contributed by atoms with Crippen LogP contribution in [0.1, 0.15) is 29.5 Å². The highest BCUT2D eigenvalue weighted by molar-refractivity contribution is 5.95. The zero-order chi connectivity index (χ0) is 9.26. The second-order valence-corrected chi connectivity index (χ2v) is 3.60. The predicted molar refractivity (Wildman–Crippen MR) is 54.1 cm³/mol. The van der Waals surface area contributed by atoms with Gasteiger partial charge < -0.3 is 5.73 Å². The Balaban J connectivity index is 2.40. The molecule has 0 fully saturated rings. The Labute approximate surface area is 78.3 Å². The lowest BCUT2D eigenvalue weighted by molar-refractivity contribution is 0.685. The van der Waals surface area contributed by atoms with E-state index in [9.17, 15) is 0 Å². The van der Waals surface area contributed by atoms with Gasteiger partial charge in [0.1, 0.15) is 5.84 Å². The van der Waals surface area contributed by atoms with Gasteiger partial charge in [0, 0.05) is 5.56 Å². The number of nitrogens with two attached hydrogens (primary N) is 1. The second-order valence-electron chi connectivity index (χ2n) is 3.60. The molecule has 1 aromatic rings. The van der Waals surface area contributed by atoms with Gasteiger partial charge in [-0.1, -0.05) is 12.1 Å². The number of fused-ring (bicyclic) bond motifs is 1. The van der Waals surface area contributed by atoms with Gasteiger partial charge >= 0.3 is 0 Å². The zero-order valence-corrected chi connectivity index (χ0v) is 7.64. The fourth-order valence-corrected chi connectivity index (χ4v) is 1.90. The molecule has 0 aliphatic heterocycles. The third-order valence-corrected chi connectivity index (χ3v) is 2.66. The lowest BCUT2D eigenvalue weighted by Crippen LogP contribution is -2.12. The number of amidine groups is 1. The van der Waals surface area contributed by atoms with Crippen LogP contribution in [0.25, 0.3) is 0 Å². The van der Waals surface area contributed by atoms with E-state index in [2.05, 4.69) is 12.1 Å². The molecule has 68 valence electrons. The van der Waals surface area contributed by atoms with Crippen LogP contribution in [0.5, 0.6) is 0 Å². The van der Waals surface area contributed by atoms with Gasteiger partial charge in [0.15, 0.2) is 0 Å². The standard InChI is InChI=1S/C11H14N2/c12-11(13)10-6-5-8-3-1-2-4-9(8)7-10/h5-7H,1-4H2,(H3,12,13). The first-order valence-electron chi connectivity index (χ1n) is 4.73. The maximum atomic E-state index is 7.33. The first kappa shape index (κ1) is 8.30. The molecule has 0 unspecified atom stereocenters. The molecule has 2 heteroatoms. The number of aryl methyl sites for hydroxylation is 2. The molecule has 1 aliphatic carbocycles. The number of nitrogens with one attached hydrogen (secondary N) is 1. The maximum Gasteiger partial charge on any atom is 0.122 e. The highest BCUT2D eigenvalue weighted by Gasteiger charge is 2.09. The molecular weight excluding hydrogens is 160 g/mol. The van der Waals surface area contributed by atoms with Gasteiger partial charge in [-0.15, -0.1) is 0 Å². The summed E-state index contributed by atoms with van der Waals surface area (Å²) in [6.07, 6.45) is 4.91. The fourth-order valence-electron chi connectivity index (χ4n) is 1.90. The summed E-state index contributed by atoms with van der Waals surface area (Å²) in [5.41, 5.74) is 9.12. The summed E-state index contributed by atoms with van der Waals surface area (Å²) in [7, 11) is 0. The van der Waals surface area contributed by atoms with Gasteiger partial charge in [-0.2, -0.15) is 0 Å². The third-order valence-electron chi connectivity index (χ3n) is 2.66. The van der Waals surface area contributed by atoms with Crippen LogP contribution < -0.4 is 5.73 Å². The smallest absolute Gasteiger partial charge is 0.122 e. The fraction of sp³-hybridized carbons (Fsp3) is 0.364. The molecule has 0 spiro atoms. The monoisotopic (exact) mass is 174 g/mol. The summed E-state index contributed by atoms with van der Waals surface area (Å²) in [6, 6.07) is 6.13. The summed E-state index contributed by atoms with van der Waals surface area (Å²) in [5, 5.41) is 7.33. The Morgan fingerprint density at radius 1 is 1.15 bits per heavy atom. The first-order valence-corrected chi connectivity index (χ1v) is 4.73. The number of hydrogen-bond donors (Lipinski definition) is 2. The average molecular weight is 174 g/mol. The van der Waals surface area contributed by atoms with E-state index in [4.69, 9.17) is 11.1 Å². The van der Waals surface area contributed by atoms with Crippen molar-refractivity contribution in [1.29, 1.82) is 5.41 Å². The first-order chi connectivity index (χ1) is 6.27. The van der Waals surface area contributed by atoms with Gasteiger partial charge in [-0.05, 0) is 42.9 Å². The van der Waals surface area contributed by atoms with E-state index in [0.717, 1.165) is 12.0 Å². The van der Waals surface area contributed by atoms with E-state index in [0.29, 0.717) is 0 Å². The number of nitrogen functional groups attached to an aromatic ring is 1. The molecule has 0 saturated heterocycles. The molecule has 0 heterocycles. The SMILES string of the molecule is N=C(N)c1ccc2c(c1)CCCC2. The van der Waals surface area contributed by atoms with Crippen molar-refractivity contribution in [1.82, 2.24) is 0 Å². The second kappa shape index (κ2) is 3.21. The van der Waals surface area contributed by atoms with E-state index in [1.807, 2.05) is 6.07 Å². The minimum Gasteiger partial charge on any atom is -0.384 e. The average Bonchev–Trinajstić information content (AvgIpc) is 2.17. The van der Waals surface area contributed by atoms with Crippen molar-refractivity contribution in [2.24, 2.45) is 5.73 Å². The van der Waals surface area contributed by atoms with Crippen LogP contribution in [0.3, 0.4) is 0 Å².